The molecule has 18 heavy (non-hydrogen) atoms. The number of aliphatic carboxylic acids is 1. The minimum Gasteiger partial charge on any atom is -0.504 e. The number of carbonyl (C=O) groups is 2. The van der Waals surface area contributed by atoms with E-state index in [1.165, 1.54) is 32.0 Å². The molecule has 0 fully saturated rings. The smallest absolute Gasteiger partial charge is 0.329 e. The Kier molecular flexibility index (Phi) is 3.80. The van der Waals surface area contributed by atoms with E-state index < -0.39 is 17.4 Å². The molecule has 0 bridgehead atoms. The summed E-state index contributed by atoms with van der Waals surface area (Å²) >= 11 is 0. The number of hydrogen-bond acceptors (Lipinski definition) is 4. The number of rotatable bonds is 4. The van der Waals surface area contributed by atoms with Gasteiger partial charge in [0.25, 0.3) is 0 Å². The van der Waals surface area contributed by atoms with Crippen LogP contribution in [0.1, 0.15) is 19.4 Å². The van der Waals surface area contributed by atoms with E-state index in [9.17, 15) is 14.7 Å². The lowest BCUT2D eigenvalue weighted by Gasteiger charge is -2.25. The van der Waals surface area contributed by atoms with Gasteiger partial charge in [0.2, 0.25) is 5.91 Å². The third-order valence-corrected chi connectivity index (χ3v) is 2.52. The van der Waals surface area contributed by atoms with Gasteiger partial charge in [0, 0.05) is 13.3 Å². The van der Waals surface area contributed by atoms with Crippen LogP contribution in [0.25, 0.3) is 0 Å². The quantitative estimate of drug-likeness (QED) is 0.588. The first-order valence-corrected chi connectivity index (χ1v) is 5.27. The molecule has 0 radical (unpaired) electrons. The average molecular weight is 253 g/mol. The third-order valence-electron chi connectivity index (χ3n) is 2.52. The highest BCUT2D eigenvalue weighted by atomic mass is 16.4. The zero-order chi connectivity index (χ0) is 13.9. The van der Waals surface area contributed by atoms with Crippen LogP contribution in [0.3, 0.4) is 0 Å². The van der Waals surface area contributed by atoms with E-state index in [2.05, 4.69) is 5.32 Å². The van der Waals surface area contributed by atoms with Crippen molar-refractivity contribution in [3.8, 4) is 11.5 Å². The maximum Gasteiger partial charge on any atom is 0.329 e. The molecule has 0 aromatic heterocycles. The second-order valence-corrected chi connectivity index (χ2v) is 4.32. The summed E-state index contributed by atoms with van der Waals surface area (Å²) in [5.74, 6) is -2.24. The number of amides is 1. The monoisotopic (exact) mass is 253 g/mol. The van der Waals surface area contributed by atoms with Crippen molar-refractivity contribution in [1.82, 2.24) is 5.32 Å². The zero-order valence-corrected chi connectivity index (χ0v) is 10.1. The minimum absolute atomic E-state index is 0.00421. The van der Waals surface area contributed by atoms with Crippen LogP contribution in [-0.4, -0.2) is 32.7 Å². The van der Waals surface area contributed by atoms with Gasteiger partial charge >= 0.3 is 5.97 Å². The largest absolute Gasteiger partial charge is 0.504 e. The average Bonchev–Trinajstić information content (AvgIpc) is 2.22. The summed E-state index contributed by atoms with van der Waals surface area (Å²) in [5, 5.41) is 30.0. The molecule has 1 aromatic carbocycles. The van der Waals surface area contributed by atoms with Crippen molar-refractivity contribution in [2.45, 2.75) is 25.8 Å². The van der Waals surface area contributed by atoms with Crippen molar-refractivity contribution < 1.29 is 24.9 Å². The molecule has 0 saturated carbocycles. The SMILES string of the molecule is CC(=O)N[C@@](C)(Cc1ccc(O)c(O)c1)C(=O)O. The summed E-state index contributed by atoms with van der Waals surface area (Å²) in [6.45, 7) is 2.61. The number of phenols is 2. The summed E-state index contributed by atoms with van der Waals surface area (Å²) in [7, 11) is 0. The molecule has 0 heterocycles. The second-order valence-electron chi connectivity index (χ2n) is 4.32. The van der Waals surface area contributed by atoms with Crippen LogP contribution in [0.4, 0.5) is 0 Å². The molecule has 6 heteroatoms. The first-order valence-electron chi connectivity index (χ1n) is 5.27. The molecular weight excluding hydrogens is 238 g/mol. The number of benzene rings is 1. The van der Waals surface area contributed by atoms with Crippen molar-refractivity contribution in [3.05, 3.63) is 23.8 Å². The van der Waals surface area contributed by atoms with Gasteiger partial charge in [-0.05, 0) is 24.6 Å². The van der Waals surface area contributed by atoms with Gasteiger partial charge in [0.15, 0.2) is 11.5 Å². The molecule has 0 aliphatic carbocycles. The number of phenolic OH excluding ortho intramolecular Hbond substituents is 2. The lowest BCUT2D eigenvalue weighted by Crippen LogP contribution is -2.53. The van der Waals surface area contributed by atoms with Crippen molar-refractivity contribution in [2.75, 3.05) is 0 Å². The fourth-order valence-corrected chi connectivity index (χ4v) is 1.65. The highest BCUT2D eigenvalue weighted by Crippen LogP contribution is 2.26. The van der Waals surface area contributed by atoms with E-state index in [4.69, 9.17) is 10.2 Å². The maximum absolute atomic E-state index is 11.2. The first-order chi connectivity index (χ1) is 8.24. The lowest BCUT2D eigenvalue weighted by atomic mass is 9.92. The molecule has 6 nitrogen and oxygen atoms in total. The number of carboxylic acid groups (broad SMARTS) is 1. The predicted molar refractivity (Wildman–Crippen MR) is 63.3 cm³/mol. The predicted octanol–water partition coefficient (Wildman–Crippen LogP) is 0.620. The Morgan fingerprint density at radius 1 is 1.28 bits per heavy atom. The normalized spacial score (nSPS) is 13.7. The van der Waals surface area contributed by atoms with Crippen LogP contribution in [0.5, 0.6) is 11.5 Å². The molecule has 1 rings (SSSR count). The molecule has 1 amide bonds. The van der Waals surface area contributed by atoms with Crippen molar-refractivity contribution in [2.24, 2.45) is 0 Å². The topological polar surface area (TPSA) is 107 Å². The highest BCUT2D eigenvalue weighted by Gasteiger charge is 2.34. The molecule has 0 aliphatic rings. The Bertz CT molecular complexity index is 485. The van der Waals surface area contributed by atoms with E-state index in [1.807, 2.05) is 0 Å². The second kappa shape index (κ2) is 4.95. The van der Waals surface area contributed by atoms with Crippen LogP contribution in [-0.2, 0) is 16.0 Å². The summed E-state index contributed by atoms with van der Waals surface area (Å²) in [4.78, 5) is 22.2. The van der Waals surface area contributed by atoms with E-state index in [0.717, 1.165) is 0 Å². The summed E-state index contributed by atoms with van der Waals surface area (Å²) in [6, 6.07) is 4.01. The fraction of sp³-hybridized carbons (Fsp3) is 0.333. The molecule has 4 N–H and O–H groups in total. The number of nitrogens with one attached hydrogen (secondary N) is 1. The van der Waals surface area contributed by atoms with Gasteiger partial charge < -0.3 is 20.6 Å². The molecular formula is C12H15NO5. The summed E-state index contributed by atoms with van der Waals surface area (Å²) in [5.41, 5.74) is -0.973. The van der Waals surface area contributed by atoms with Crippen molar-refractivity contribution >= 4 is 11.9 Å². The molecule has 1 atom stereocenters. The van der Waals surface area contributed by atoms with Crippen LogP contribution < -0.4 is 5.32 Å². The zero-order valence-electron chi connectivity index (χ0n) is 10.1. The van der Waals surface area contributed by atoms with Crippen molar-refractivity contribution in [1.29, 1.82) is 0 Å². The molecule has 0 aliphatic heterocycles. The molecule has 0 saturated heterocycles. The Morgan fingerprint density at radius 3 is 2.33 bits per heavy atom. The van der Waals surface area contributed by atoms with Gasteiger partial charge in [-0.15, -0.1) is 0 Å². The van der Waals surface area contributed by atoms with Crippen LogP contribution in [0.2, 0.25) is 0 Å². The Labute approximate surface area is 104 Å². The molecule has 0 unspecified atom stereocenters. The lowest BCUT2D eigenvalue weighted by molar-refractivity contribution is -0.146. The van der Waals surface area contributed by atoms with Gasteiger partial charge in [0.05, 0.1) is 0 Å². The number of carboxylic acids is 1. The molecule has 0 spiro atoms. The van der Waals surface area contributed by atoms with E-state index >= 15 is 0 Å². The Hall–Kier alpha value is -2.24. The fourth-order valence-electron chi connectivity index (χ4n) is 1.65. The number of hydrogen-bond donors (Lipinski definition) is 4. The highest BCUT2D eigenvalue weighted by molar-refractivity contribution is 5.85. The minimum atomic E-state index is -1.46. The van der Waals surface area contributed by atoms with Crippen molar-refractivity contribution in [3.63, 3.8) is 0 Å². The first kappa shape index (κ1) is 13.8. The summed E-state index contributed by atoms with van der Waals surface area (Å²) < 4.78 is 0. The van der Waals surface area contributed by atoms with Crippen LogP contribution >= 0.6 is 0 Å². The number of carbonyl (C=O) groups excluding carboxylic acids is 1. The Morgan fingerprint density at radius 2 is 1.89 bits per heavy atom. The van der Waals surface area contributed by atoms with E-state index in [0.29, 0.717) is 5.56 Å². The van der Waals surface area contributed by atoms with Crippen LogP contribution in [0, 0.1) is 0 Å². The van der Waals surface area contributed by atoms with E-state index in [1.54, 1.807) is 0 Å². The van der Waals surface area contributed by atoms with Gasteiger partial charge in [-0.1, -0.05) is 6.07 Å². The molecule has 1 aromatic rings. The van der Waals surface area contributed by atoms with Gasteiger partial charge in [-0.3, -0.25) is 4.79 Å². The Balaban J connectivity index is 3.00. The van der Waals surface area contributed by atoms with Gasteiger partial charge in [-0.2, -0.15) is 0 Å². The number of aromatic hydroxyl groups is 2. The van der Waals surface area contributed by atoms with Gasteiger partial charge in [0.1, 0.15) is 5.54 Å². The standard InChI is InChI=1S/C12H15NO5/c1-7(14)13-12(2,11(17)18)6-8-3-4-9(15)10(16)5-8/h3-5,15-16H,6H2,1-2H3,(H,13,14)(H,17,18)/t12-/m0/s1. The van der Waals surface area contributed by atoms with E-state index in [-0.39, 0.29) is 17.9 Å². The summed E-state index contributed by atoms with van der Waals surface area (Å²) in [6.07, 6.45) is -0.00421. The maximum atomic E-state index is 11.2. The van der Waals surface area contributed by atoms with Gasteiger partial charge in [-0.25, -0.2) is 4.79 Å². The third kappa shape index (κ3) is 3.13. The molecule has 98 valence electrons. The van der Waals surface area contributed by atoms with Crippen LogP contribution in [0.15, 0.2) is 18.2 Å².